The molecule has 0 atom stereocenters. The monoisotopic (exact) mass is 318 g/mol. The van der Waals surface area contributed by atoms with Crippen LogP contribution in [-0.2, 0) is 19.1 Å². The van der Waals surface area contributed by atoms with E-state index >= 15 is 0 Å². The van der Waals surface area contributed by atoms with Crippen LogP contribution >= 0.6 is 0 Å². The molecule has 6 nitrogen and oxygen atoms in total. The normalized spacial score (nSPS) is 15.0. The average molecular weight is 318 g/mol. The Morgan fingerprint density at radius 3 is 2.52 bits per heavy atom. The predicted molar refractivity (Wildman–Crippen MR) is 88.2 cm³/mol. The molecule has 0 aromatic heterocycles. The number of ether oxygens (including phenoxy) is 2. The highest BCUT2D eigenvalue weighted by molar-refractivity contribution is 5.98. The summed E-state index contributed by atoms with van der Waals surface area (Å²) in [5.74, 6) is -1.25. The molecule has 1 fully saturated rings. The molecule has 23 heavy (non-hydrogen) atoms. The zero-order valence-corrected chi connectivity index (χ0v) is 13.5. The van der Waals surface area contributed by atoms with Crippen molar-refractivity contribution in [2.75, 3.05) is 37.5 Å². The summed E-state index contributed by atoms with van der Waals surface area (Å²) in [7, 11) is 2.52. The van der Waals surface area contributed by atoms with Gasteiger partial charge in [0.25, 0.3) is 0 Å². The third-order valence-corrected chi connectivity index (χ3v) is 3.72. The molecule has 2 rings (SSSR count). The molecule has 124 valence electrons. The second-order valence-corrected chi connectivity index (χ2v) is 5.30. The Morgan fingerprint density at radius 2 is 1.87 bits per heavy atom. The van der Waals surface area contributed by atoms with Crippen molar-refractivity contribution in [1.82, 2.24) is 0 Å². The topological polar surface area (TPSA) is 67.9 Å². The molecule has 1 aliphatic heterocycles. The van der Waals surface area contributed by atoms with Crippen molar-refractivity contribution in [2.24, 2.45) is 0 Å². The Hall–Kier alpha value is -2.50. The van der Waals surface area contributed by atoms with E-state index in [-0.39, 0.29) is 5.70 Å². The summed E-state index contributed by atoms with van der Waals surface area (Å²) in [6, 6.07) is 7.75. The van der Waals surface area contributed by atoms with Gasteiger partial charge >= 0.3 is 11.9 Å². The lowest BCUT2D eigenvalue weighted by atomic mass is 10.1. The van der Waals surface area contributed by atoms with E-state index in [0.717, 1.165) is 24.9 Å². The molecule has 1 heterocycles. The number of carbonyl (C=O) groups excluding carboxylic acids is 2. The lowest BCUT2D eigenvalue weighted by molar-refractivity contribution is -0.138. The molecular formula is C17H22N2O4. The van der Waals surface area contributed by atoms with E-state index in [4.69, 9.17) is 0 Å². The molecule has 6 heteroatoms. The number of hydrogen-bond acceptors (Lipinski definition) is 6. The molecule has 1 N–H and O–H groups in total. The van der Waals surface area contributed by atoms with Gasteiger partial charge in [-0.2, -0.15) is 0 Å². The van der Waals surface area contributed by atoms with Crippen LogP contribution in [0.3, 0.4) is 0 Å². The Labute approximate surface area is 136 Å². The zero-order valence-electron chi connectivity index (χ0n) is 13.5. The van der Waals surface area contributed by atoms with E-state index in [1.165, 1.54) is 33.5 Å². The number of nitrogens with one attached hydrogen (secondary N) is 1. The van der Waals surface area contributed by atoms with Gasteiger partial charge in [0.2, 0.25) is 0 Å². The highest BCUT2D eigenvalue weighted by atomic mass is 16.5. The van der Waals surface area contributed by atoms with Crippen molar-refractivity contribution in [3.8, 4) is 0 Å². The SMILES string of the molecule is COC(=O)/C=C(/Nc1cccc(N2CCCCC2)c1)C(=O)OC. The van der Waals surface area contributed by atoms with E-state index in [2.05, 4.69) is 19.7 Å². The van der Waals surface area contributed by atoms with Gasteiger partial charge in [-0.25, -0.2) is 9.59 Å². The third-order valence-electron chi connectivity index (χ3n) is 3.72. The maximum absolute atomic E-state index is 11.8. The van der Waals surface area contributed by atoms with Crippen molar-refractivity contribution in [1.29, 1.82) is 0 Å². The molecule has 0 spiro atoms. The van der Waals surface area contributed by atoms with Gasteiger partial charge in [0.1, 0.15) is 5.70 Å². The minimum absolute atomic E-state index is 0.0372. The van der Waals surface area contributed by atoms with E-state index < -0.39 is 11.9 Å². The molecule has 1 aromatic rings. The predicted octanol–water partition coefficient (Wildman–Crippen LogP) is 2.32. The van der Waals surface area contributed by atoms with Crippen molar-refractivity contribution >= 4 is 23.3 Å². The minimum atomic E-state index is -0.626. The highest BCUT2D eigenvalue weighted by Gasteiger charge is 2.14. The summed E-state index contributed by atoms with van der Waals surface area (Å²) in [6.07, 6.45) is 4.73. The largest absolute Gasteiger partial charge is 0.466 e. The maximum Gasteiger partial charge on any atom is 0.354 e. The molecule has 0 bridgehead atoms. The molecule has 0 amide bonds. The molecule has 0 saturated carbocycles. The van der Waals surface area contributed by atoms with Crippen molar-refractivity contribution in [2.45, 2.75) is 19.3 Å². The average Bonchev–Trinajstić information content (AvgIpc) is 2.61. The zero-order chi connectivity index (χ0) is 16.7. The quantitative estimate of drug-likeness (QED) is 0.664. The standard InChI is InChI=1S/C17H22N2O4/c1-22-16(20)12-15(17(21)23-2)18-13-7-6-8-14(11-13)19-9-4-3-5-10-19/h6-8,11-12,18H,3-5,9-10H2,1-2H3/b15-12+. The van der Waals surface area contributed by atoms with Gasteiger partial charge in [0, 0.05) is 24.5 Å². The summed E-state index contributed by atoms with van der Waals surface area (Å²) in [5, 5.41) is 2.93. The van der Waals surface area contributed by atoms with Crippen LogP contribution in [0.25, 0.3) is 0 Å². The van der Waals surface area contributed by atoms with Gasteiger partial charge in [-0.1, -0.05) is 6.07 Å². The number of methoxy groups -OCH3 is 2. The molecule has 0 unspecified atom stereocenters. The van der Waals surface area contributed by atoms with Gasteiger partial charge < -0.3 is 19.7 Å². The summed E-state index contributed by atoms with van der Waals surface area (Å²) in [6.45, 7) is 2.07. The molecule has 1 aliphatic rings. The maximum atomic E-state index is 11.8. The van der Waals surface area contributed by atoms with E-state index in [1.807, 2.05) is 24.3 Å². The fourth-order valence-electron chi connectivity index (χ4n) is 2.52. The number of benzene rings is 1. The first-order chi connectivity index (χ1) is 11.1. The molecule has 1 saturated heterocycles. The highest BCUT2D eigenvalue weighted by Crippen LogP contribution is 2.23. The summed E-state index contributed by atoms with van der Waals surface area (Å²) in [5.41, 5.74) is 1.85. The first-order valence-electron chi connectivity index (χ1n) is 7.64. The van der Waals surface area contributed by atoms with Crippen molar-refractivity contribution in [3.05, 3.63) is 36.0 Å². The van der Waals surface area contributed by atoms with Crippen molar-refractivity contribution in [3.63, 3.8) is 0 Å². The van der Waals surface area contributed by atoms with Gasteiger partial charge in [-0.3, -0.25) is 0 Å². The number of hydrogen-bond donors (Lipinski definition) is 1. The van der Waals surface area contributed by atoms with Crippen LogP contribution < -0.4 is 10.2 Å². The van der Waals surface area contributed by atoms with Crippen LogP contribution in [-0.4, -0.2) is 39.2 Å². The van der Waals surface area contributed by atoms with Gasteiger partial charge in [-0.15, -0.1) is 0 Å². The van der Waals surface area contributed by atoms with Crippen LogP contribution in [0.5, 0.6) is 0 Å². The van der Waals surface area contributed by atoms with Crippen molar-refractivity contribution < 1.29 is 19.1 Å². The van der Waals surface area contributed by atoms with Crippen LogP contribution in [0, 0.1) is 0 Å². The van der Waals surface area contributed by atoms with Crippen LogP contribution in [0.2, 0.25) is 0 Å². The fourth-order valence-corrected chi connectivity index (χ4v) is 2.52. The minimum Gasteiger partial charge on any atom is -0.466 e. The van der Waals surface area contributed by atoms with E-state index in [9.17, 15) is 9.59 Å². The number of esters is 2. The summed E-state index contributed by atoms with van der Waals surface area (Å²) >= 11 is 0. The molecule has 1 aromatic carbocycles. The van der Waals surface area contributed by atoms with Crippen LogP contribution in [0.1, 0.15) is 19.3 Å². The first-order valence-corrected chi connectivity index (χ1v) is 7.64. The number of carbonyl (C=O) groups is 2. The van der Waals surface area contributed by atoms with E-state index in [0.29, 0.717) is 5.69 Å². The Bertz CT molecular complexity index is 592. The number of anilines is 2. The van der Waals surface area contributed by atoms with Crippen LogP contribution in [0.4, 0.5) is 11.4 Å². The Morgan fingerprint density at radius 1 is 1.13 bits per heavy atom. The number of piperidine rings is 1. The third kappa shape index (κ3) is 4.74. The van der Waals surface area contributed by atoms with E-state index in [1.54, 1.807) is 0 Å². The molecule has 0 aliphatic carbocycles. The van der Waals surface area contributed by atoms with Gasteiger partial charge in [0.15, 0.2) is 0 Å². The van der Waals surface area contributed by atoms with Gasteiger partial charge in [0.05, 0.1) is 20.3 Å². The molecular weight excluding hydrogens is 296 g/mol. The van der Waals surface area contributed by atoms with Gasteiger partial charge in [-0.05, 0) is 37.5 Å². The second kappa shape index (κ2) is 8.22. The summed E-state index contributed by atoms with van der Waals surface area (Å²) in [4.78, 5) is 25.5. The Kier molecular flexibility index (Phi) is 6.02. The fraction of sp³-hybridized carbons (Fsp3) is 0.412. The Balaban J connectivity index is 2.17. The summed E-state index contributed by atoms with van der Waals surface area (Å²) < 4.78 is 9.25. The first kappa shape index (κ1) is 16.9. The smallest absolute Gasteiger partial charge is 0.354 e. The second-order valence-electron chi connectivity index (χ2n) is 5.30. The lowest BCUT2D eigenvalue weighted by Gasteiger charge is -2.29. The lowest BCUT2D eigenvalue weighted by Crippen LogP contribution is -2.29. The number of nitrogens with zero attached hydrogens (tertiary/aromatic N) is 1. The van der Waals surface area contributed by atoms with Crippen LogP contribution in [0.15, 0.2) is 36.0 Å². The number of rotatable bonds is 5. The molecule has 0 radical (unpaired) electrons.